The Balaban J connectivity index is 3.18. The van der Waals surface area contributed by atoms with E-state index in [9.17, 15) is 9.59 Å². The van der Waals surface area contributed by atoms with Gasteiger partial charge in [-0.1, -0.05) is 19.4 Å². The second kappa shape index (κ2) is 9.03. The van der Waals surface area contributed by atoms with E-state index in [1.165, 1.54) is 14.2 Å². The summed E-state index contributed by atoms with van der Waals surface area (Å²) in [5.41, 5.74) is -0.425. The van der Waals surface area contributed by atoms with Crippen LogP contribution in [0.2, 0.25) is 0 Å². The Bertz CT molecular complexity index is 405. The minimum absolute atomic E-state index is 0.129. The Hall–Kier alpha value is -1.40. The maximum absolute atomic E-state index is 12.2. The van der Waals surface area contributed by atoms with Crippen molar-refractivity contribution < 1.29 is 28.5 Å². The van der Waals surface area contributed by atoms with Gasteiger partial charge in [0.1, 0.15) is 6.79 Å². The van der Waals surface area contributed by atoms with E-state index in [-0.39, 0.29) is 18.8 Å². The molecule has 23 heavy (non-hydrogen) atoms. The molecule has 0 heterocycles. The van der Waals surface area contributed by atoms with Crippen molar-refractivity contribution in [2.24, 2.45) is 17.3 Å². The molecular formula is C17H28O6. The minimum Gasteiger partial charge on any atom is -0.468 e. The fourth-order valence-corrected chi connectivity index (χ4v) is 3.67. The van der Waals surface area contributed by atoms with Gasteiger partial charge >= 0.3 is 11.9 Å². The highest BCUT2D eigenvalue weighted by Gasteiger charge is 2.52. The number of allylic oxidation sites excluding steroid dienone is 1. The standard InChI is InChI=1S/C17H28O6/c1-6-10-17(2)12(8-7-9-13(17)23-11-20-3)14(15(18)21-4)16(19)22-5/h6,12-14H,1,7-11H2,2-5H3/t12-,13-,17-/m1/s1. The molecule has 0 N–H and O–H groups in total. The highest BCUT2D eigenvalue weighted by atomic mass is 16.7. The SMILES string of the molecule is C=CC[C@]1(C)[C@@H](C(C(=O)OC)C(=O)OC)CCC[C@H]1OCOC. The number of methoxy groups -OCH3 is 3. The molecule has 6 heteroatoms. The molecule has 132 valence electrons. The van der Waals surface area contributed by atoms with E-state index in [1.807, 2.05) is 6.92 Å². The lowest BCUT2D eigenvalue weighted by Crippen LogP contribution is -2.50. The number of rotatable bonds is 8. The lowest BCUT2D eigenvalue weighted by molar-refractivity contribution is -0.178. The first-order chi connectivity index (χ1) is 11.0. The molecule has 0 aromatic rings. The highest BCUT2D eigenvalue weighted by Crippen LogP contribution is 2.49. The van der Waals surface area contributed by atoms with Gasteiger partial charge in [-0.15, -0.1) is 6.58 Å². The van der Waals surface area contributed by atoms with Gasteiger partial charge in [-0.3, -0.25) is 9.59 Å². The smallest absolute Gasteiger partial charge is 0.320 e. The predicted octanol–water partition coefficient (Wildman–Crippen LogP) is 2.32. The average Bonchev–Trinajstić information content (AvgIpc) is 2.55. The molecule has 0 spiro atoms. The van der Waals surface area contributed by atoms with Crippen LogP contribution in [0.1, 0.15) is 32.6 Å². The predicted molar refractivity (Wildman–Crippen MR) is 84.5 cm³/mol. The van der Waals surface area contributed by atoms with Gasteiger partial charge in [0.2, 0.25) is 0 Å². The van der Waals surface area contributed by atoms with E-state index < -0.39 is 23.3 Å². The first-order valence-electron chi connectivity index (χ1n) is 7.83. The normalized spacial score (nSPS) is 27.5. The summed E-state index contributed by atoms with van der Waals surface area (Å²) in [5.74, 6) is -2.33. The quantitative estimate of drug-likeness (QED) is 0.295. The summed E-state index contributed by atoms with van der Waals surface area (Å²) in [4.78, 5) is 24.4. The van der Waals surface area contributed by atoms with E-state index in [1.54, 1.807) is 13.2 Å². The fraction of sp³-hybridized carbons (Fsp3) is 0.765. The zero-order valence-corrected chi connectivity index (χ0v) is 14.5. The molecule has 0 aromatic heterocycles. The molecule has 0 saturated heterocycles. The molecule has 3 atom stereocenters. The van der Waals surface area contributed by atoms with Crippen LogP contribution in [-0.2, 0) is 28.5 Å². The van der Waals surface area contributed by atoms with Crippen LogP contribution in [0.5, 0.6) is 0 Å². The van der Waals surface area contributed by atoms with Gasteiger partial charge in [-0.25, -0.2) is 0 Å². The van der Waals surface area contributed by atoms with Crippen molar-refractivity contribution in [1.82, 2.24) is 0 Å². The Kier molecular flexibility index (Phi) is 7.72. The number of hydrogen-bond donors (Lipinski definition) is 0. The van der Waals surface area contributed by atoms with E-state index in [2.05, 4.69) is 6.58 Å². The number of carbonyl (C=O) groups excluding carboxylic acids is 2. The third-order valence-electron chi connectivity index (χ3n) is 4.85. The largest absolute Gasteiger partial charge is 0.468 e. The fourth-order valence-electron chi connectivity index (χ4n) is 3.67. The molecule has 0 amide bonds. The van der Waals surface area contributed by atoms with Crippen molar-refractivity contribution in [3.8, 4) is 0 Å². The first-order valence-corrected chi connectivity index (χ1v) is 7.83. The number of hydrogen-bond acceptors (Lipinski definition) is 6. The third-order valence-corrected chi connectivity index (χ3v) is 4.85. The molecule has 1 saturated carbocycles. The Morgan fingerprint density at radius 3 is 2.30 bits per heavy atom. The number of esters is 2. The second-order valence-electron chi connectivity index (χ2n) is 6.12. The number of carbonyl (C=O) groups is 2. The summed E-state index contributed by atoms with van der Waals surface area (Å²) >= 11 is 0. The van der Waals surface area contributed by atoms with Gasteiger partial charge in [0.05, 0.1) is 20.3 Å². The van der Waals surface area contributed by atoms with Crippen LogP contribution in [0.4, 0.5) is 0 Å². The molecule has 0 aromatic carbocycles. The van der Waals surface area contributed by atoms with Crippen LogP contribution in [0, 0.1) is 17.3 Å². The molecule has 6 nitrogen and oxygen atoms in total. The van der Waals surface area contributed by atoms with Crippen molar-refractivity contribution >= 4 is 11.9 Å². The zero-order chi connectivity index (χ0) is 17.5. The van der Waals surface area contributed by atoms with Gasteiger partial charge < -0.3 is 18.9 Å². The second-order valence-corrected chi connectivity index (χ2v) is 6.12. The number of ether oxygens (including phenoxy) is 4. The van der Waals surface area contributed by atoms with Crippen LogP contribution in [-0.4, -0.2) is 46.2 Å². The molecule has 0 unspecified atom stereocenters. The van der Waals surface area contributed by atoms with Crippen LogP contribution in [0.3, 0.4) is 0 Å². The summed E-state index contributed by atoms with van der Waals surface area (Å²) in [6.45, 7) is 6.02. The molecule has 1 fully saturated rings. The summed E-state index contributed by atoms with van der Waals surface area (Å²) in [6.07, 6.45) is 4.72. The lowest BCUT2D eigenvalue weighted by atomic mass is 9.59. The Labute approximate surface area is 138 Å². The molecule has 0 radical (unpaired) electrons. The van der Waals surface area contributed by atoms with E-state index in [0.717, 1.165) is 19.3 Å². The Morgan fingerprint density at radius 1 is 1.22 bits per heavy atom. The molecule has 0 bridgehead atoms. The summed E-state index contributed by atoms with van der Waals surface area (Å²) in [6, 6.07) is 0. The monoisotopic (exact) mass is 328 g/mol. The summed E-state index contributed by atoms with van der Waals surface area (Å²) in [7, 11) is 4.13. The van der Waals surface area contributed by atoms with Gasteiger partial charge in [-0.05, 0) is 25.2 Å². The van der Waals surface area contributed by atoms with E-state index >= 15 is 0 Å². The van der Waals surface area contributed by atoms with Crippen LogP contribution in [0.15, 0.2) is 12.7 Å². The van der Waals surface area contributed by atoms with Crippen LogP contribution < -0.4 is 0 Å². The average molecular weight is 328 g/mol. The zero-order valence-electron chi connectivity index (χ0n) is 14.5. The van der Waals surface area contributed by atoms with Gasteiger partial charge in [0.15, 0.2) is 5.92 Å². The highest BCUT2D eigenvalue weighted by molar-refractivity contribution is 5.95. The maximum atomic E-state index is 12.2. The molecule has 1 aliphatic rings. The van der Waals surface area contributed by atoms with Crippen molar-refractivity contribution in [2.45, 2.75) is 38.7 Å². The van der Waals surface area contributed by atoms with Gasteiger partial charge in [0.25, 0.3) is 0 Å². The van der Waals surface area contributed by atoms with Crippen LogP contribution >= 0.6 is 0 Å². The summed E-state index contributed by atoms with van der Waals surface area (Å²) < 4.78 is 20.5. The Morgan fingerprint density at radius 2 is 1.83 bits per heavy atom. The first kappa shape index (κ1) is 19.6. The van der Waals surface area contributed by atoms with Crippen molar-refractivity contribution in [2.75, 3.05) is 28.1 Å². The lowest BCUT2D eigenvalue weighted by Gasteiger charge is -2.48. The van der Waals surface area contributed by atoms with Gasteiger partial charge in [0, 0.05) is 12.5 Å². The maximum Gasteiger partial charge on any atom is 0.320 e. The summed E-state index contributed by atoms with van der Waals surface area (Å²) in [5, 5.41) is 0. The van der Waals surface area contributed by atoms with Gasteiger partial charge in [-0.2, -0.15) is 0 Å². The van der Waals surface area contributed by atoms with Crippen molar-refractivity contribution in [3.63, 3.8) is 0 Å². The molecule has 0 aliphatic heterocycles. The molecule has 1 rings (SSSR count). The van der Waals surface area contributed by atoms with Crippen molar-refractivity contribution in [3.05, 3.63) is 12.7 Å². The minimum atomic E-state index is -0.955. The third kappa shape index (κ3) is 4.32. The molecule has 1 aliphatic carbocycles. The van der Waals surface area contributed by atoms with Crippen LogP contribution in [0.25, 0.3) is 0 Å². The van der Waals surface area contributed by atoms with Crippen molar-refractivity contribution in [1.29, 1.82) is 0 Å². The molecular weight excluding hydrogens is 300 g/mol. The van der Waals surface area contributed by atoms with E-state index in [0.29, 0.717) is 6.42 Å². The topological polar surface area (TPSA) is 71.1 Å². The van der Waals surface area contributed by atoms with E-state index in [4.69, 9.17) is 18.9 Å².